The molecule has 1 N–H and O–H groups in total. The Labute approximate surface area is 113 Å². The number of carbonyl (C=O) groups excluding carboxylic acids is 1. The van der Waals surface area contributed by atoms with Gasteiger partial charge in [0.25, 0.3) is 0 Å². The molecule has 96 valence electrons. The Balaban J connectivity index is 2.52. The lowest BCUT2D eigenvalue weighted by Gasteiger charge is -2.11. The molecule has 0 aliphatic carbocycles. The molecule has 0 bridgehead atoms. The van der Waals surface area contributed by atoms with Crippen LogP contribution in [0.4, 0.5) is 0 Å². The van der Waals surface area contributed by atoms with Crippen LogP contribution in [-0.2, 0) is 4.65 Å². The Morgan fingerprint density at radius 2 is 1.89 bits per heavy atom. The first-order valence-electron chi connectivity index (χ1n) is 6.04. The molecule has 19 heavy (non-hydrogen) atoms. The van der Waals surface area contributed by atoms with E-state index in [1.807, 2.05) is 42.5 Å². The van der Waals surface area contributed by atoms with Crippen molar-refractivity contribution in [2.75, 3.05) is 7.11 Å². The summed E-state index contributed by atoms with van der Waals surface area (Å²) in [6.07, 6.45) is 0. The highest BCUT2D eigenvalue weighted by Gasteiger charge is 2.19. The number of carbonyl (C=O) groups is 1. The van der Waals surface area contributed by atoms with E-state index in [0.717, 1.165) is 11.1 Å². The van der Waals surface area contributed by atoms with E-state index in [1.165, 1.54) is 14.0 Å². The predicted octanol–water partition coefficient (Wildman–Crippen LogP) is 1.89. The molecule has 2 aromatic carbocycles. The minimum absolute atomic E-state index is 0.0200. The van der Waals surface area contributed by atoms with Gasteiger partial charge in [-0.05, 0) is 29.6 Å². The Morgan fingerprint density at radius 3 is 2.58 bits per heavy atom. The monoisotopic (exact) mass is 254 g/mol. The van der Waals surface area contributed by atoms with Crippen molar-refractivity contribution in [2.45, 2.75) is 6.92 Å². The van der Waals surface area contributed by atoms with E-state index in [1.54, 1.807) is 6.07 Å². The molecule has 0 fully saturated rings. The average Bonchev–Trinajstić information content (AvgIpc) is 2.46. The van der Waals surface area contributed by atoms with Gasteiger partial charge in [-0.25, -0.2) is 0 Å². The Morgan fingerprint density at radius 1 is 1.16 bits per heavy atom. The van der Waals surface area contributed by atoms with Crippen LogP contribution in [0.3, 0.4) is 0 Å². The predicted molar refractivity (Wildman–Crippen MR) is 76.5 cm³/mol. The van der Waals surface area contributed by atoms with Gasteiger partial charge in [-0.2, -0.15) is 0 Å². The number of ketones is 1. The minimum Gasteiger partial charge on any atom is -0.423 e. The first-order valence-corrected chi connectivity index (χ1v) is 6.04. The molecular weight excluding hydrogens is 239 g/mol. The maximum absolute atomic E-state index is 11.4. The molecule has 2 aromatic rings. The summed E-state index contributed by atoms with van der Waals surface area (Å²) in [5, 5.41) is 9.86. The standard InChI is InChI=1S/C15H15BO3/c1-11(17)12-6-5-7-13(10-12)14-8-3-4-9-15(14)16(18)19-2/h3-10,18H,1-2H3. The third kappa shape index (κ3) is 2.92. The van der Waals surface area contributed by atoms with Gasteiger partial charge >= 0.3 is 7.12 Å². The summed E-state index contributed by atoms with van der Waals surface area (Å²) in [6, 6.07) is 14.8. The number of hydrogen-bond donors (Lipinski definition) is 1. The second-order valence-electron chi connectivity index (χ2n) is 4.31. The van der Waals surface area contributed by atoms with Gasteiger partial charge in [0.15, 0.2) is 5.78 Å². The van der Waals surface area contributed by atoms with Crippen LogP contribution >= 0.6 is 0 Å². The van der Waals surface area contributed by atoms with E-state index in [-0.39, 0.29) is 5.78 Å². The topological polar surface area (TPSA) is 46.5 Å². The number of rotatable bonds is 4. The van der Waals surface area contributed by atoms with Gasteiger partial charge < -0.3 is 9.68 Å². The highest BCUT2D eigenvalue weighted by Crippen LogP contribution is 2.19. The summed E-state index contributed by atoms with van der Waals surface area (Å²) < 4.78 is 4.96. The van der Waals surface area contributed by atoms with Crippen LogP contribution in [0.15, 0.2) is 48.5 Å². The smallest absolute Gasteiger partial charge is 0.423 e. The summed E-state index contributed by atoms with van der Waals surface area (Å²) in [5.74, 6) is 0.0200. The lowest BCUT2D eigenvalue weighted by atomic mass is 9.75. The molecule has 0 saturated carbocycles. The number of benzene rings is 2. The molecular formula is C15H15BO3. The maximum atomic E-state index is 11.4. The molecule has 4 heteroatoms. The maximum Gasteiger partial charge on any atom is 0.491 e. The van der Waals surface area contributed by atoms with Crippen LogP contribution in [0, 0.1) is 0 Å². The van der Waals surface area contributed by atoms with E-state index in [0.29, 0.717) is 11.0 Å². The summed E-state index contributed by atoms with van der Waals surface area (Å²) in [5.41, 5.74) is 3.09. The molecule has 0 spiro atoms. The van der Waals surface area contributed by atoms with Crippen LogP contribution in [0.25, 0.3) is 11.1 Å². The molecule has 0 aliphatic heterocycles. The first-order chi connectivity index (χ1) is 9.13. The molecule has 0 unspecified atom stereocenters. The third-order valence-corrected chi connectivity index (χ3v) is 3.03. The minimum atomic E-state index is -0.975. The molecule has 0 heterocycles. The summed E-state index contributed by atoms with van der Waals surface area (Å²) in [6.45, 7) is 1.54. The van der Waals surface area contributed by atoms with E-state index in [9.17, 15) is 9.82 Å². The Bertz CT molecular complexity index is 595. The van der Waals surface area contributed by atoms with Crippen LogP contribution in [0.1, 0.15) is 17.3 Å². The Hall–Kier alpha value is -1.91. The zero-order valence-corrected chi connectivity index (χ0v) is 11.0. The molecule has 0 aromatic heterocycles. The second kappa shape index (κ2) is 5.82. The highest BCUT2D eigenvalue weighted by atomic mass is 16.5. The van der Waals surface area contributed by atoms with Crippen molar-refractivity contribution in [3.63, 3.8) is 0 Å². The SMILES string of the molecule is COB(O)c1ccccc1-c1cccc(C(C)=O)c1. The van der Waals surface area contributed by atoms with E-state index in [4.69, 9.17) is 4.65 Å². The molecule has 0 aliphatic rings. The van der Waals surface area contributed by atoms with Gasteiger partial charge in [0.05, 0.1) is 0 Å². The summed E-state index contributed by atoms with van der Waals surface area (Å²) in [4.78, 5) is 11.4. The fourth-order valence-corrected chi connectivity index (χ4v) is 2.01. The van der Waals surface area contributed by atoms with Crippen LogP contribution in [-0.4, -0.2) is 25.0 Å². The summed E-state index contributed by atoms with van der Waals surface area (Å²) >= 11 is 0. The van der Waals surface area contributed by atoms with Crippen LogP contribution in [0.5, 0.6) is 0 Å². The van der Waals surface area contributed by atoms with Crippen LogP contribution in [0.2, 0.25) is 0 Å². The van der Waals surface area contributed by atoms with Crippen LogP contribution < -0.4 is 5.46 Å². The number of hydrogen-bond acceptors (Lipinski definition) is 3. The Kier molecular flexibility index (Phi) is 4.15. The third-order valence-electron chi connectivity index (χ3n) is 3.03. The molecule has 0 amide bonds. The fourth-order valence-electron chi connectivity index (χ4n) is 2.01. The molecule has 2 rings (SSSR count). The fraction of sp³-hybridized carbons (Fsp3) is 0.133. The van der Waals surface area contributed by atoms with E-state index in [2.05, 4.69) is 0 Å². The second-order valence-corrected chi connectivity index (χ2v) is 4.31. The highest BCUT2D eigenvalue weighted by molar-refractivity contribution is 6.61. The molecule has 0 saturated heterocycles. The zero-order valence-electron chi connectivity index (χ0n) is 11.0. The van der Waals surface area contributed by atoms with Gasteiger partial charge in [-0.3, -0.25) is 4.79 Å². The normalized spacial score (nSPS) is 10.3. The molecule has 0 radical (unpaired) electrons. The van der Waals surface area contributed by atoms with Gasteiger partial charge in [0.1, 0.15) is 0 Å². The van der Waals surface area contributed by atoms with E-state index < -0.39 is 7.12 Å². The van der Waals surface area contributed by atoms with Gasteiger partial charge in [-0.1, -0.05) is 42.5 Å². The van der Waals surface area contributed by atoms with Gasteiger partial charge in [0.2, 0.25) is 0 Å². The largest absolute Gasteiger partial charge is 0.491 e. The summed E-state index contributed by atoms with van der Waals surface area (Å²) in [7, 11) is 0.477. The zero-order chi connectivity index (χ0) is 13.8. The lowest BCUT2D eigenvalue weighted by Crippen LogP contribution is -2.33. The number of Topliss-reactive ketones (excluding diaryl/α,β-unsaturated/α-hetero) is 1. The molecule has 3 nitrogen and oxygen atoms in total. The van der Waals surface area contributed by atoms with Crippen molar-refractivity contribution < 1.29 is 14.5 Å². The lowest BCUT2D eigenvalue weighted by molar-refractivity contribution is 0.101. The van der Waals surface area contributed by atoms with Crippen molar-refractivity contribution >= 4 is 18.4 Å². The van der Waals surface area contributed by atoms with Gasteiger partial charge in [-0.15, -0.1) is 0 Å². The first kappa shape index (κ1) is 13.5. The average molecular weight is 254 g/mol. The van der Waals surface area contributed by atoms with Crippen molar-refractivity contribution in [2.24, 2.45) is 0 Å². The quantitative estimate of drug-likeness (QED) is 0.669. The van der Waals surface area contributed by atoms with Crippen molar-refractivity contribution in [1.29, 1.82) is 0 Å². The van der Waals surface area contributed by atoms with Gasteiger partial charge in [0, 0.05) is 12.7 Å². The van der Waals surface area contributed by atoms with E-state index >= 15 is 0 Å². The van der Waals surface area contributed by atoms with Crippen molar-refractivity contribution in [1.82, 2.24) is 0 Å². The van der Waals surface area contributed by atoms with Crippen molar-refractivity contribution in [3.8, 4) is 11.1 Å². The van der Waals surface area contributed by atoms with Crippen molar-refractivity contribution in [3.05, 3.63) is 54.1 Å². The molecule has 0 atom stereocenters.